The molecule has 0 atom stereocenters. The minimum Gasteiger partial charge on any atom is -0.497 e. The zero-order valence-corrected chi connectivity index (χ0v) is 17.6. The molecule has 2 aliphatic rings. The molecule has 8 heteroatoms. The van der Waals surface area contributed by atoms with Gasteiger partial charge >= 0.3 is 6.61 Å². The summed E-state index contributed by atoms with van der Waals surface area (Å²) in [5.74, 6) is 0.709. The summed E-state index contributed by atoms with van der Waals surface area (Å²) in [6.45, 7) is -1.74. The van der Waals surface area contributed by atoms with Crippen molar-refractivity contribution in [3.8, 4) is 17.2 Å². The monoisotopic (exact) mass is 439 g/mol. The average Bonchev–Trinajstić information content (AvgIpc) is 3.30. The van der Waals surface area contributed by atoms with Crippen molar-refractivity contribution in [3.63, 3.8) is 0 Å². The molecule has 1 amide bonds. The molecule has 166 valence electrons. The number of halogens is 2. The number of carbonyl (C=O) groups excluding carboxylic acids is 1. The smallest absolute Gasteiger partial charge is 0.387 e. The molecule has 0 aliphatic carbocycles. The van der Waals surface area contributed by atoms with E-state index < -0.39 is 6.61 Å². The Morgan fingerprint density at radius 3 is 2.47 bits per heavy atom. The molecule has 2 aliphatic heterocycles. The number of amides is 1. The molecular formula is C24H23F2N3O3. The van der Waals surface area contributed by atoms with Crippen molar-refractivity contribution >= 4 is 11.6 Å². The van der Waals surface area contributed by atoms with E-state index in [1.165, 1.54) is 30.0 Å². The van der Waals surface area contributed by atoms with Crippen LogP contribution < -0.4 is 14.8 Å². The van der Waals surface area contributed by atoms with Gasteiger partial charge in [0.2, 0.25) is 0 Å². The summed E-state index contributed by atoms with van der Waals surface area (Å²) in [5.41, 5.74) is 3.42. The zero-order valence-electron chi connectivity index (χ0n) is 17.6. The average molecular weight is 439 g/mol. The first-order valence-electron chi connectivity index (χ1n) is 10.5. The van der Waals surface area contributed by atoms with Crippen molar-refractivity contribution < 1.29 is 23.0 Å². The lowest BCUT2D eigenvalue weighted by Crippen LogP contribution is -2.51. The third-order valence-electron chi connectivity index (χ3n) is 6.31. The van der Waals surface area contributed by atoms with Gasteiger partial charge in [0.05, 0.1) is 24.0 Å². The van der Waals surface area contributed by atoms with Gasteiger partial charge in [-0.05, 0) is 61.4 Å². The van der Waals surface area contributed by atoms with Gasteiger partial charge in [0.25, 0.3) is 5.91 Å². The van der Waals surface area contributed by atoms with Gasteiger partial charge in [-0.1, -0.05) is 0 Å². The predicted octanol–water partition coefficient (Wildman–Crippen LogP) is 4.64. The molecule has 0 saturated carbocycles. The second kappa shape index (κ2) is 7.85. The normalized spacial score (nSPS) is 16.3. The number of piperidine rings is 1. The number of alkyl halides is 2. The number of ether oxygens (including phenoxy) is 2. The highest BCUT2D eigenvalue weighted by molar-refractivity contribution is 5.94. The quantitative estimate of drug-likeness (QED) is 0.643. The number of nitrogens with one attached hydrogen (secondary N) is 1. The molecule has 0 bridgehead atoms. The Kier molecular flexibility index (Phi) is 5.00. The van der Waals surface area contributed by atoms with E-state index in [0.717, 1.165) is 30.0 Å². The number of benzene rings is 2. The summed E-state index contributed by atoms with van der Waals surface area (Å²) in [6.07, 6.45) is 3.54. The van der Waals surface area contributed by atoms with Crippen LogP contribution in [-0.2, 0) is 5.54 Å². The molecule has 5 rings (SSSR count). The molecule has 32 heavy (non-hydrogen) atoms. The number of hydrogen-bond donors (Lipinski definition) is 1. The van der Waals surface area contributed by atoms with E-state index in [9.17, 15) is 13.6 Å². The Hall–Kier alpha value is -3.55. The Labute approximate surface area is 184 Å². The van der Waals surface area contributed by atoms with Crippen molar-refractivity contribution in [1.82, 2.24) is 9.47 Å². The highest BCUT2D eigenvalue weighted by Crippen LogP contribution is 2.44. The number of methoxy groups -OCH3 is 1. The molecule has 3 aromatic rings. The molecule has 3 heterocycles. The molecule has 2 aromatic carbocycles. The van der Waals surface area contributed by atoms with Gasteiger partial charge in [-0.15, -0.1) is 0 Å². The molecule has 6 nitrogen and oxygen atoms in total. The van der Waals surface area contributed by atoms with E-state index in [-0.39, 0.29) is 17.2 Å². The fourth-order valence-corrected chi connectivity index (χ4v) is 4.69. The maximum atomic E-state index is 13.0. The number of rotatable bonds is 4. The van der Waals surface area contributed by atoms with E-state index in [1.807, 2.05) is 29.2 Å². The van der Waals surface area contributed by atoms with Crippen molar-refractivity contribution in [2.45, 2.75) is 25.0 Å². The first-order chi connectivity index (χ1) is 15.5. The van der Waals surface area contributed by atoms with Gasteiger partial charge in [0, 0.05) is 36.6 Å². The maximum absolute atomic E-state index is 13.0. The Morgan fingerprint density at radius 2 is 1.78 bits per heavy atom. The summed E-state index contributed by atoms with van der Waals surface area (Å²) < 4.78 is 36.7. The Morgan fingerprint density at radius 1 is 1.06 bits per heavy atom. The first kappa shape index (κ1) is 20.4. The van der Waals surface area contributed by atoms with Crippen LogP contribution in [0.4, 0.5) is 14.5 Å². The van der Waals surface area contributed by atoms with Crippen molar-refractivity contribution in [2.24, 2.45) is 0 Å². The van der Waals surface area contributed by atoms with Crippen molar-refractivity contribution in [2.75, 3.05) is 25.5 Å². The molecule has 0 unspecified atom stereocenters. The van der Waals surface area contributed by atoms with Crippen molar-refractivity contribution in [1.29, 1.82) is 0 Å². The van der Waals surface area contributed by atoms with Gasteiger partial charge in [-0.3, -0.25) is 4.79 Å². The van der Waals surface area contributed by atoms with Crippen LogP contribution in [0, 0.1) is 0 Å². The SMILES string of the molecule is COc1ccc2c(c1)NC1(CCN(C(=O)c3ccc(OC(F)F)cc3)CC1)c1cccn1-2. The topological polar surface area (TPSA) is 55.7 Å². The third kappa shape index (κ3) is 3.45. The Bertz CT molecular complexity index is 1140. The molecule has 1 aromatic heterocycles. The standard InChI is InChI=1S/C24H23F2N3O3/c1-31-18-8-9-20-19(15-18)27-24(21-3-2-12-29(20)21)10-13-28(14-11-24)22(30)16-4-6-17(7-5-16)32-23(25)26/h2-9,12,15,23,27H,10-11,13-14H2,1H3. The number of nitrogens with zero attached hydrogens (tertiary/aromatic N) is 2. The second-order valence-corrected chi connectivity index (χ2v) is 8.05. The van der Waals surface area contributed by atoms with Crippen molar-refractivity contribution in [3.05, 3.63) is 72.1 Å². The van der Waals surface area contributed by atoms with E-state index in [4.69, 9.17) is 4.74 Å². The van der Waals surface area contributed by atoms with Gasteiger partial charge in [-0.25, -0.2) is 0 Å². The third-order valence-corrected chi connectivity index (χ3v) is 6.31. The number of likely N-dealkylation sites (tertiary alicyclic amines) is 1. The van der Waals surface area contributed by atoms with Crippen LogP contribution in [0.2, 0.25) is 0 Å². The molecule has 0 radical (unpaired) electrons. The van der Waals surface area contributed by atoms with E-state index >= 15 is 0 Å². The number of anilines is 1. The van der Waals surface area contributed by atoms with E-state index in [0.29, 0.717) is 18.7 Å². The summed E-state index contributed by atoms with van der Waals surface area (Å²) in [6, 6.07) is 16.0. The Balaban J connectivity index is 1.34. The molecule has 1 fully saturated rings. The fourth-order valence-electron chi connectivity index (χ4n) is 4.69. The predicted molar refractivity (Wildman–Crippen MR) is 116 cm³/mol. The number of aromatic nitrogens is 1. The van der Waals surface area contributed by atoms with Gasteiger partial charge in [0.1, 0.15) is 11.5 Å². The highest BCUT2D eigenvalue weighted by Gasteiger charge is 2.42. The van der Waals surface area contributed by atoms with Crippen LogP contribution in [0.1, 0.15) is 28.9 Å². The summed E-state index contributed by atoms with van der Waals surface area (Å²) in [7, 11) is 1.65. The molecular weight excluding hydrogens is 416 g/mol. The maximum Gasteiger partial charge on any atom is 0.387 e. The lowest BCUT2D eigenvalue weighted by atomic mass is 9.82. The summed E-state index contributed by atoms with van der Waals surface area (Å²) in [4.78, 5) is 14.8. The zero-order chi connectivity index (χ0) is 22.3. The first-order valence-corrected chi connectivity index (χ1v) is 10.5. The number of carbonyl (C=O) groups is 1. The van der Waals surface area contributed by atoms with E-state index in [1.54, 1.807) is 7.11 Å². The van der Waals surface area contributed by atoms with Crippen LogP contribution in [-0.4, -0.2) is 42.2 Å². The number of hydrogen-bond acceptors (Lipinski definition) is 4. The second-order valence-electron chi connectivity index (χ2n) is 8.05. The largest absolute Gasteiger partial charge is 0.497 e. The van der Waals surface area contributed by atoms with Gasteiger partial charge in [0.15, 0.2) is 0 Å². The minimum atomic E-state index is -2.89. The van der Waals surface area contributed by atoms with Crippen LogP contribution in [0.3, 0.4) is 0 Å². The summed E-state index contributed by atoms with van der Waals surface area (Å²) >= 11 is 0. The van der Waals surface area contributed by atoms with Crippen LogP contribution in [0.5, 0.6) is 11.5 Å². The number of fused-ring (bicyclic) bond motifs is 4. The van der Waals surface area contributed by atoms with Crippen LogP contribution in [0.25, 0.3) is 5.69 Å². The summed E-state index contributed by atoms with van der Waals surface area (Å²) in [5, 5.41) is 3.73. The lowest BCUT2D eigenvalue weighted by Gasteiger charge is -2.46. The molecule has 1 saturated heterocycles. The van der Waals surface area contributed by atoms with Crippen LogP contribution in [0.15, 0.2) is 60.8 Å². The van der Waals surface area contributed by atoms with Gasteiger partial charge < -0.3 is 24.3 Å². The highest BCUT2D eigenvalue weighted by atomic mass is 19.3. The van der Waals surface area contributed by atoms with Gasteiger partial charge in [-0.2, -0.15) is 8.78 Å². The lowest BCUT2D eigenvalue weighted by molar-refractivity contribution is -0.0498. The fraction of sp³-hybridized carbons (Fsp3) is 0.292. The van der Waals surface area contributed by atoms with E-state index in [2.05, 4.69) is 26.9 Å². The minimum absolute atomic E-state index is 0.0374. The molecule has 1 spiro atoms. The molecule has 1 N–H and O–H groups in total. The van der Waals surface area contributed by atoms with Crippen LogP contribution >= 0.6 is 0 Å².